The third-order valence-electron chi connectivity index (χ3n) is 5.02. The van der Waals surface area contributed by atoms with Gasteiger partial charge in [0.1, 0.15) is 0 Å². The lowest BCUT2D eigenvalue weighted by molar-refractivity contribution is -0.120. The fourth-order valence-electron chi connectivity index (χ4n) is 3.28. The van der Waals surface area contributed by atoms with Gasteiger partial charge < -0.3 is 5.32 Å². The number of anilines is 1. The van der Waals surface area contributed by atoms with Crippen LogP contribution in [0, 0.1) is 12.8 Å². The molecule has 0 saturated heterocycles. The lowest BCUT2D eigenvalue weighted by Gasteiger charge is -2.20. The number of aryl methyl sites for hydroxylation is 1. The van der Waals surface area contributed by atoms with Gasteiger partial charge in [-0.2, -0.15) is 0 Å². The molecule has 2 amide bonds. The molecular weight excluding hydrogens is 390 g/mol. The van der Waals surface area contributed by atoms with E-state index < -0.39 is 15.9 Å². The van der Waals surface area contributed by atoms with Gasteiger partial charge >= 0.3 is 0 Å². The van der Waals surface area contributed by atoms with Gasteiger partial charge in [0.25, 0.3) is 15.9 Å². The summed E-state index contributed by atoms with van der Waals surface area (Å²) in [5, 5.41) is 2.88. The maximum absolute atomic E-state index is 12.3. The zero-order valence-corrected chi connectivity index (χ0v) is 17.1. The van der Waals surface area contributed by atoms with Crippen LogP contribution in [-0.2, 0) is 14.8 Å². The number of rotatable bonds is 6. The van der Waals surface area contributed by atoms with Gasteiger partial charge in [-0.15, -0.1) is 4.83 Å². The van der Waals surface area contributed by atoms with Crippen molar-refractivity contribution in [3.05, 3.63) is 59.7 Å². The smallest absolute Gasteiger partial charge is 0.266 e. The molecule has 3 N–H and O–H groups in total. The van der Waals surface area contributed by atoms with Crippen LogP contribution in [0.15, 0.2) is 53.4 Å². The Hall–Kier alpha value is -2.71. The fraction of sp³-hybridized carbons (Fsp3) is 0.333. The quantitative estimate of drug-likeness (QED) is 0.631. The number of nitrogens with one attached hydrogen (secondary N) is 3. The van der Waals surface area contributed by atoms with Crippen LogP contribution in [0.25, 0.3) is 0 Å². The van der Waals surface area contributed by atoms with Crippen molar-refractivity contribution in [1.29, 1.82) is 0 Å². The van der Waals surface area contributed by atoms with Crippen LogP contribution in [-0.4, -0.2) is 20.2 Å². The van der Waals surface area contributed by atoms with Gasteiger partial charge in [-0.3, -0.25) is 15.0 Å². The van der Waals surface area contributed by atoms with Gasteiger partial charge in [-0.1, -0.05) is 37.0 Å². The van der Waals surface area contributed by atoms with E-state index in [2.05, 4.69) is 15.6 Å². The Morgan fingerprint density at radius 1 is 0.897 bits per heavy atom. The van der Waals surface area contributed by atoms with Crippen molar-refractivity contribution in [1.82, 2.24) is 10.3 Å². The molecule has 1 fully saturated rings. The minimum atomic E-state index is -3.86. The van der Waals surface area contributed by atoms with Crippen LogP contribution in [0.1, 0.15) is 48.0 Å². The number of benzene rings is 2. The van der Waals surface area contributed by atoms with Crippen LogP contribution >= 0.6 is 0 Å². The fourth-order valence-corrected chi connectivity index (χ4v) is 4.12. The van der Waals surface area contributed by atoms with Crippen LogP contribution in [0.4, 0.5) is 5.69 Å². The van der Waals surface area contributed by atoms with E-state index >= 15 is 0 Å². The third kappa shape index (κ3) is 5.65. The lowest BCUT2D eigenvalue weighted by Crippen LogP contribution is -2.41. The summed E-state index contributed by atoms with van der Waals surface area (Å²) in [5.41, 5.74) is 4.01. The summed E-state index contributed by atoms with van der Waals surface area (Å²) in [5.74, 6) is -0.540. The van der Waals surface area contributed by atoms with Gasteiger partial charge in [0, 0.05) is 17.2 Å². The van der Waals surface area contributed by atoms with Crippen molar-refractivity contribution in [3.8, 4) is 0 Å². The number of amides is 2. The van der Waals surface area contributed by atoms with E-state index in [4.69, 9.17) is 0 Å². The molecule has 0 aromatic heterocycles. The summed E-state index contributed by atoms with van der Waals surface area (Å²) in [6.45, 7) is 1.85. The highest BCUT2D eigenvalue weighted by molar-refractivity contribution is 7.89. The minimum absolute atomic E-state index is 0.00718. The van der Waals surface area contributed by atoms with Crippen molar-refractivity contribution >= 4 is 27.5 Å². The second kappa shape index (κ2) is 9.19. The number of hydrazine groups is 1. The topological polar surface area (TPSA) is 104 Å². The van der Waals surface area contributed by atoms with E-state index in [0.717, 1.165) is 31.2 Å². The molecule has 2 aromatic rings. The summed E-state index contributed by atoms with van der Waals surface area (Å²) in [4.78, 5) is 26.7. The summed E-state index contributed by atoms with van der Waals surface area (Å²) < 4.78 is 24.5. The van der Waals surface area contributed by atoms with Gasteiger partial charge in [0.2, 0.25) is 5.91 Å². The highest BCUT2D eigenvalue weighted by atomic mass is 32.2. The number of carbonyl (C=O) groups is 2. The molecule has 0 aliphatic heterocycles. The van der Waals surface area contributed by atoms with Crippen LogP contribution < -0.4 is 15.6 Å². The summed E-state index contributed by atoms with van der Waals surface area (Å²) in [6.07, 6.45) is 5.16. The van der Waals surface area contributed by atoms with Crippen LogP contribution in [0.5, 0.6) is 0 Å². The number of carbonyl (C=O) groups excluding carboxylic acids is 2. The van der Waals surface area contributed by atoms with Crippen LogP contribution in [0.2, 0.25) is 0 Å². The molecule has 154 valence electrons. The van der Waals surface area contributed by atoms with E-state index in [0.29, 0.717) is 5.69 Å². The summed E-state index contributed by atoms with van der Waals surface area (Å²) >= 11 is 0. The molecule has 1 aliphatic rings. The molecule has 3 rings (SSSR count). The average molecular weight is 416 g/mol. The number of hydrogen-bond donors (Lipinski definition) is 3. The molecule has 1 saturated carbocycles. The van der Waals surface area contributed by atoms with E-state index in [9.17, 15) is 18.0 Å². The Kier molecular flexibility index (Phi) is 6.66. The SMILES string of the molecule is Cc1ccc(S(=O)(=O)NNC(=O)c2ccc(NC(=O)C3CCCCC3)cc2)cc1. The second-order valence-corrected chi connectivity index (χ2v) is 8.96. The number of hydrogen-bond acceptors (Lipinski definition) is 4. The maximum Gasteiger partial charge on any atom is 0.266 e. The second-order valence-electron chi connectivity index (χ2n) is 7.27. The first-order chi connectivity index (χ1) is 13.8. The molecule has 0 bridgehead atoms. The third-order valence-corrected chi connectivity index (χ3v) is 6.28. The van der Waals surface area contributed by atoms with Crippen molar-refractivity contribution in [3.63, 3.8) is 0 Å². The Morgan fingerprint density at radius 2 is 1.52 bits per heavy atom. The number of sulfonamides is 1. The zero-order valence-electron chi connectivity index (χ0n) is 16.3. The Labute approximate surface area is 170 Å². The first-order valence-corrected chi connectivity index (χ1v) is 11.1. The van der Waals surface area contributed by atoms with Gasteiger partial charge in [-0.05, 0) is 56.2 Å². The first-order valence-electron chi connectivity index (χ1n) is 9.65. The van der Waals surface area contributed by atoms with E-state index in [1.807, 2.05) is 6.92 Å². The monoisotopic (exact) mass is 415 g/mol. The maximum atomic E-state index is 12.3. The largest absolute Gasteiger partial charge is 0.326 e. The van der Waals surface area contributed by atoms with Crippen molar-refractivity contribution in [2.75, 3.05) is 5.32 Å². The molecule has 0 radical (unpaired) electrons. The molecule has 0 atom stereocenters. The van der Waals surface area contributed by atoms with Crippen molar-refractivity contribution in [2.45, 2.75) is 43.9 Å². The highest BCUT2D eigenvalue weighted by Crippen LogP contribution is 2.25. The molecule has 7 nitrogen and oxygen atoms in total. The zero-order chi connectivity index (χ0) is 20.9. The molecule has 0 heterocycles. The Morgan fingerprint density at radius 3 is 2.14 bits per heavy atom. The van der Waals surface area contributed by atoms with Crippen molar-refractivity contribution in [2.24, 2.45) is 5.92 Å². The van der Waals surface area contributed by atoms with E-state index in [1.165, 1.54) is 30.7 Å². The minimum Gasteiger partial charge on any atom is -0.326 e. The van der Waals surface area contributed by atoms with E-state index in [1.54, 1.807) is 24.3 Å². The normalized spacial score (nSPS) is 14.9. The molecule has 0 unspecified atom stereocenters. The molecule has 0 spiro atoms. The van der Waals surface area contributed by atoms with Gasteiger partial charge in [0.15, 0.2) is 0 Å². The Balaban J connectivity index is 1.56. The molecule has 29 heavy (non-hydrogen) atoms. The van der Waals surface area contributed by atoms with Crippen LogP contribution in [0.3, 0.4) is 0 Å². The molecular formula is C21H25N3O4S. The Bertz CT molecular complexity index is 964. The van der Waals surface area contributed by atoms with E-state index in [-0.39, 0.29) is 22.3 Å². The highest BCUT2D eigenvalue weighted by Gasteiger charge is 2.21. The van der Waals surface area contributed by atoms with Crippen molar-refractivity contribution < 1.29 is 18.0 Å². The summed E-state index contributed by atoms with van der Waals surface area (Å²) in [7, 11) is -3.86. The molecule has 8 heteroatoms. The predicted octanol–water partition coefficient (Wildman–Crippen LogP) is 3.14. The average Bonchev–Trinajstić information content (AvgIpc) is 2.73. The molecule has 1 aliphatic carbocycles. The molecule has 2 aromatic carbocycles. The predicted molar refractivity (Wildman–Crippen MR) is 111 cm³/mol. The van der Waals surface area contributed by atoms with Gasteiger partial charge in [0.05, 0.1) is 4.90 Å². The lowest BCUT2D eigenvalue weighted by atomic mass is 9.88. The van der Waals surface area contributed by atoms with Gasteiger partial charge in [-0.25, -0.2) is 8.42 Å². The first kappa shape index (κ1) is 21.0. The standard InChI is InChI=1S/C21H25N3O4S/c1-15-7-13-19(14-8-15)29(27,28)24-23-21(26)17-9-11-18(12-10-17)22-20(25)16-5-3-2-4-6-16/h7-14,16,24H,2-6H2,1H3,(H,22,25)(H,23,26). The summed E-state index contributed by atoms with van der Waals surface area (Å²) in [6, 6.07) is 12.6.